The van der Waals surface area contributed by atoms with Gasteiger partial charge in [0.1, 0.15) is 0 Å². The molecular formula is C18H16F2O5. The molecule has 0 aliphatic carbocycles. The van der Waals surface area contributed by atoms with Gasteiger partial charge in [0.25, 0.3) is 0 Å². The predicted molar refractivity (Wildman–Crippen MR) is 86.9 cm³/mol. The van der Waals surface area contributed by atoms with Crippen LogP contribution in [0.3, 0.4) is 0 Å². The van der Waals surface area contributed by atoms with E-state index in [4.69, 9.17) is 14.2 Å². The van der Waals surface area contributed by atoms with Gasteiger partial charge in [-0.1, -0.05) is 12.1 Å². The van der Waals surface area contributed by atoms with Gasteiger partial charge < -0.3 is 19.3 Å². The molecule has 0 radical (unpaired) electrons. The lowest BCUT2D eigenvalue weighted by Gasteiger charge is -2.13. The zero-order chi connectivity index (χ0) is 18.4. The lowest BCUT2D eigenvalue weighted by Crippen LogP contribution is -2.03. The van der Waals surface area contributed by atoms with E-state index in [-0.39, 0.29) is 23.9 Å². The van der Waals surface area contributed by atoms with Crippen molar-refractivity contribution in [3.8, 4) is 17.2 Å². The molecule has 0 aliphatic heterocycles. The zero-order valence-corrected chi connectivity index (χ0v) is 13.6. The van der Waals surface area contributed by atoms with Crippen LogP contribution in [0.2, 0.25) is 0 Å². The number of phenolic OH excluding ortho intramolecular Hbond substituents is 1. The third-order valence-electron chi connectivity index (χ3n) is 3.27. The highest BCUT2D eigenvalue weighted by Gasteiger charge is 2.18. The molecule has 0 bridgehead atoms. The second-order valence-corrected chi connectivity index (χ2v) is 4.92. The van der Waals surface area contributed by atoms with Gasteiger partial charge in [-0.15, -0.1) is 0 Å². The van der Waals surface area contributed by atoms with Crippen molar-refractivity contribution in [2.24, 2.45) is 0 Å². The van der Waals surface area contributed by atoms with Crippen LogP contribution in [-0.4, -0.2) is 31.9 Å². The number of ketones is 1. The monoisotopic (exact) mass is 350 g/mol. The number of rotatable bonds is 7. The predicted octanol–water partition coefficient (Wildman–Crippen LogP) is 3.56. The van der Waals surface area contributed by atoms with Gasteiger partial charge in [-0.3, -0.25) is 4.79 Å². The van der Waals surface area contributed by atoms with Crippen LogP contribution in [0.1, 0.15) is 15.9 Å². The number of carbonyl (C=O) groups excluding carboxylic acids is 1. The van der Waals surface area contributed by atoms with E-state index in [1.807, 2.05) is 0 Å². The highest BCUT2D eigenvalue weighted by molar-refractivity contribution is 6.09. The van der Waals surface area contributed by atoms with Gasteiger partial charge in [-0.05, 0) is 35.9 Å². The molecular weight excluding hydrogens is 334 g/mol. The van der Waals surface area contributed by atoms with Crippen LogP contribution in [0, 0.1) is 11.6 Å². The van der Waals surface area contributed by atoms with Gasteiger partial charge >= 0.3 is 0 Å². The van der Waals surface area contributed by atoms with E-state index in [0.29, 0.717) is 5.56 Å². The Labute approximate surface area is 143 Å². The molecule has 7 heteroatoms. The summed E-state index contributed by atoms with van der Waals surface area (Å²) in [5.41, 5.74) is 0.277. The Bertz CT molecular complexity index is 802. The molecule has 0 atom stereocenters. The minimum Gasteiger partial charge on any atom is -0.504 e. The van der Waals surface area contributed by atoms with Crippen molar-refractivity contribution >= 4 is 11.9 Å². The number of carbonyl (C=O) groups is 1. The Morgan fingerprint density at radius 1 is 1.16 bits per heavy atom. The SMILES string of the molecule is COCOc1ccc(C(=O)/C=C/c2ccc(F)c(F)c2)c(O)c1OC. The van der Waals surface area contributed by atoms with Crippen molar-refractivity contribution in [1.82, 2.24) is 0 Å². The highest BCUT2D eigenvalue weighted by Crippen LogP contribution is 2.39. The molecule has 0 unspecified atom stereocenters. The van der Waals surface area contributed by atoms with Crippen molar-refractivity contribution in [2.45, 2.75) is 0 Å². The van der Waals surface area contributed by atoms with Crippen molar-refractivity contribution in [3.63, 3.8) is 0 Å². The number of allylic oxidation sites excluding steroid dienone is 1. The lowest BCUT2D eigenvalue weighted by molar-refractivity contribution is 0.0489. The number of halogens is 2. The first-order valence-electron chi connectivity index (χ1n) is 7.17. The zero-order valence-electron chi connectivity index (χ0n) is 13.6. The van der Waals surface area contributed by atoms with E-state index in [9.17, 15) is 18.7 Å². The molecule has 2 aromatic rings. The van der Waals surface area contributed by atoms with E-state index in [1.165, 1.54) is 38.5 Å². The number of aromatic hydroxyl groups is 1. The van der Waals surface area contributed by atoms with Gasteiger partial charge in [0.05, 0.1) is 12.7 Å². The van der Waals surface area contributed by atoms with Crippen molar-refractivity contribution in [1.29, 1.82) is 0 Å². The summed E-state index contributed by atoms with van der Waals surface area (Å²) in [6, 6.07) is 6.06. The molecule has 2 aromatic carbocycles. The summed E-state index contributed by atoms with van der Waals surface area (Å²) in [7, 11) is 2.76. The highest BCUT2D eigenvalue weighted by atomic mass is 19.2. The summed E-state index contributed by atoms with van der Waals surface area (Å²) in [5, 5.41) is 10.2. The smallest absolute Gasteiger partial charge is 0.203 e. The van der Waals surface area contributed by atoms with Crippen LogP contribution in [0.4, 0.5) is 8.78 Å². The third kappa shape index (κ3) is 4.33. The van der Waals surface area contributed by atoms with E-state index < -0.39 is 23.2 Å². The van der Waals surface area contributed by atoms with Gasteiger partial charge in [0.15, 0.2) is 35.7 Å². The van der Waals surface area contributed by atoms with Crippen LogP contribution in [0.25, 0.3) is 6.08 Å². The van der Waals surface area contributed by atoms with Crippen LogP contribution in [-0.2, 0) is 4.74 Å². The fourth-order valence-electron chi connectivity index (χ4n) is 2.06. The lowest BCUT2D eigenvalue weighted by atomic mass is 10.1. The fourth-order valence-corrected chi connectivity index (χ4v) is 2.06. The number of benzene rings is 2. The minimum absolute atomic E-state index is 0.0101. The Hall–Kier alpha value is -2.93. The average molecular weight is 350 g/mol. The van der Waals surface area contributed by atoms with Crippen molar-refractivity contribution in [3.05, 3.63) is 59.2 Å². The van der Waals surface area contributed by atoms with Gasteiger partial charge in [0.2, 0.25) is 5.75 Å². The van der Waals surface area contributed by atoms with E-state index in [1.54, 1.807) is 0 Å². The standard InChI is InChI=1S/C18H16F2O5/c1-23-10-25-16-8-5-12(17(22)18(16)24-2)15(21)7-4-11-3-6-13(19)14(20)9-11/h3-9,22H,10H2,1-2H3/b7-4+. The second-order valence-electron chi connectivity index (χ2n) is 4.92. The Morgan fingerprint density at radius 2 is 1.92 bits per heavy atom. The largest absolute Gasteiger partial charge is 0.504 e. The van der Waals surface area contributed by atoms with Crippen LogP contribution in [0.15, 0.2) is 36.4 Å². The first-order chi connectivity index (χ1) is 12.0. The van der Waals surface area contributed by atoms with Crippen LogP contribution >= 0.6 is 0 Å². The summed E-state index contributed by atoms with van der Waals surface area (Å²) in [4.78, 5) is 12.2. The molecule has 0 fully saturated rings. The van der Waals surface area contributed by atoms with Gasteiger partial charge in [-0.2, -0.15) is 0 Å². The quantitative estimate of drug-likeness (QED) is 0.470. The van der Waals surface area contributed by atoms with Crippen LogP contribution < -0.4 is 9.47 Å². The Balaban J connectivity index is 2.26. The van der Waals surface area contributed by atoms with Gasteiger partial charge in [0, 0.05) is 7.11 Å². The summed E-state index contributed by atoms with van der Waals surface area (Å²) in [6.07, 6.45) is 2.45. The van der Waals surface area contributed by atoms with E-state index >= 15 is 0 Å². The van der Waals surface area contributed by atoms with Gasteiger partial charge in [-0.25, -0.2) is 8.78 Å². The van der Waals surface area contributed by atoms with Crippen molar-refractivity contribution < 1.29 is 32.9 Å². The number of hydrogen-bond donors (Lipinski definition) is 1. The first kappa shape index (κ1) is 18.4. The Kier molecular flexibility index (Phi) is 6.08. The topological polar surface area (TPSA) is 65.0 Å². The first-order valence-corrected chi connectivity index (χ1v) is 7.17. The normalized spacial score (nSPS) is 10.9. The molecule has 0 saturated heterocycles. The maximum absolute atomic E-state index is 13.2. The minimum atomic E-state index is -1.02. The van der Waals surface area contributed by atoms with E-state index in [0.717, 1.165) is 18.2 Å². The van der Waals surface area contributed by atoms with Crippen LogP contribution in [0.5, 0.6) is 17.2 Å². The summed E-state index contributed by atoms with van der Waals surface area (Å²) >= 11 is 0. The molecule has 0 spiro atoms. The molecule has 0 aromatic heterocycles. The summed E-state index contributed by atoms with van der Waals surface area (Å²) < 4.78 is 41.1. The number of methoxy groups -OCH3 is 2. The summed E-state index contributed by atoms with van der Waals surface area (Å²) in [6.45, 7) is -0.0564. The van der Waals surface area contributed by atoms with E-state index in [2.05, 4.69) is 0 Å². The molecule has 0 amide bonds. The number of ether oxygens (including phenoxy) is 3. The molecule has 132 valence electrons. The maximum Gasteiger partial charge on any atom is 0.203 e. The molecule has 25 heavy (non-hydrogen) atoms. The number of phenols is 1. The van der Waals surface area contributed by atoms with Crippen molar-refractivity contribution in [2.75, 3.05) is 21.0 Å². The fraction of sp³-hybridized carbons (Fsp3) is 0.167. The molecule has 1 N–H and O–H groups in total. The molecule has 0 aliphatic rings. The molecule has 5 nitrogen and oxygen atoms in total. The Morgan fingerprint density at radius 3 is 2.56 bits per heavy atom. The maximum atomic E-state index is 13.2. The molecule has 2 rings (SSSR count). The third-order valence-corrected chi connectivity index (χ3v) is 3.27. The second kappa shape index (κ2) is 8.25. The molecule has 0 saturated carbocycles. The average Bonchev–Trinajstić information content (AvgIpc) is 2.60. The number of hydrogen-bond acceptors (Lipinski definition) is 5. The summed E-state index contributed by atoms with van der Waals surface area (Å²) in [5.74, 6) is -2.72. The molecule has 0 heterocycles.